The van der Waals surface area contributed by atoms with E-state index in [1.165, 1.54) is 9.80 Å². The van der Waals surface area contributed by atoms with Gasteiger partial charge in [-0.15, -0.1) is 0 Å². The first-order valence-electron chi connectivity index (χ1n) is 27.2. The maximum atomic E-state index is 11.9. The molecule has 84 heavy (non-hydrogen) atoms. The van der Waals surface area contributed by atoms with Crippen LogP contribution in [0.25, 0.3) is 11.0 Å². The van der Waals surface area contributed by atoms with Crippen LogP contribution in [0.3, 0.4) is 0 Å². The van der Waals surface area contributed by atoms with Crippen LogP contribution in [0, 0.1) is 0 Å². The van der Waals surface area contributed by atoms with Crippen LogP contribution in [-0.2, 0) is 57.1 Å². The molecular formula is C48H72N8O28. The maximum absolute atomic E-state index is 11.9. The van der Waals surface area contributed by atoms with E-state index in [0.29, 0.717) is 51.9 Å². The first-order valence-corrected chi connectivity index (χ1v) is 27.2. The quantitative estimate of drug-likeness (QED) is 0.0464. The second kappa shape index (κ2) is 28.5. The van der Waals surface area contributed by atoms with Crippen molar-refractivity contribution in [3.05, 3.63) is 0 Å². The lowest BCUT2D eigenvalue weighted by atomic mass is 9.99. The summed E-state index contributed by atoms with van der Waals surface area (Å²) in [5.41, 5.74) is 0.338. The van der Waals surface area contributed by atoms with Crippen LogP contribution in [0.2, 0.25) is 0 Å². The summed E-state index contributed by atoms with van der Waals surface area (Å²) in [6.07, 6.45) is -34.6. The Hall–Kier alpha value is -5.30. The molecule has 8 heterocycles. The molecule has 0 aliphatic carbocycles. The second-order valence-corrected chi connectivity index (χ2v) is 20.9. The molecule has 16 N–H and O–H groups in total. The molecule has 0 aromatic carbocycles. The molecule has 6 saturated heterocycles. The minimum atomic E-state index is -2.03. The molecule has 2 aromatic heterocycles. The lowest BCUT2D eigenvalue weighted by Crippen LogP contribution is -2.60. The summed E-state index contributed by atoms with van der Waals surface area (Å²) in [5.74, 6) is -6.29. The number of nitrogens with zero attached hydrogens (tertiary/aromatic N) is 8. The van der Waals surface area contributed by atoms with Crippen LogP contribution in [0.1, 0.15) is 38.5 Å². The Morgan fingerprint density at radius 2 is 0.607 bits per heavy atom. The van der Waals surface area contributed by atoms with Gasteiger partial charge in [-0.3, -0.25) is 0 Å². The molecule has 6 aliphatic heterocycles. The lowest BCUT2D eigenvalue weighted by Gasteiger charge is -2.39. The number of fused-ring (bicyclic) bond motifs is 1. The van der Waals surface area contributed by atoms with Crippen molar-refractivity contribution in [1.82, 2.24) is 19.9 Å². The molecule has 0 amide bonds. The van der Waals surface area contributed by atoms with Gasteiger partial charge in [0.2, 0.25) is 11.9 Å². The van der Waals surface area contributed by atoms with Crippen LogP contribution >= 0.6 is 0 Å². The van der Waals surface area contributed by atoms with Crippen molar-refractivity contribution in [2.45, 2.75) is 161 Å². The SMILES string of the molecule is O=C(O)C1O[C@@H](OCCN(CCO[C@@H]2OC(C(=O)O)[C@H](O)C(O)C2O)c2nc(N3CCCCC3)c3nc(N(CCO[C@@H]4OC(C(=O)O)[C@H](O)C(O)C4O)CCO[C@@H]4OC(C(=O)O)[C@H](O)C(O)C4O)nc(N4CCCCC4)c3n2)C(O)C(O)[C@H]1O. The van der Waals surface area contributed by atoms with E-state index in [-0.39, 0.29) is 60.7 Å². The van der Waals surface area contributed by atoms with Gasteiger partial charge in [-0.1, -0.05) is 0 Å². The third-order valence-corrected chi connectivity index (χ3v) is 15.2. The number of aliphatic hydroxyl groups is 12. The molecule has 0 spiro atoms. The number of carbonyl (C=O) groups is 4. The Kier molecular flexibility index (Phi) is 21.9. The number of carboxylic acid groups (broad SMARTS) is 4. The average Bonchev–Trinajstić information content (AvgIpc) is 2.15. The zero-order chi connectivity index (χ0) is 60.8. The van der Waals surface area contributed by atoms with Crippen molar-refractivity contribution in [2.75, 3.05) is 98.4 Å². The van der Waals surface area contributed by atoms with E-state index >= 15 is 0 Å². The Balaban J connectivity index is 1.18. The molecule has 36 nitrogen and oxygen atoms in total. The van der Waals surface area contributed by atoms with Gasteiger partial charge in [0.05, 0.1) is 26.4 Å². The number of aliphatic carboxylic acids is 4. The van der Waals surface area contributed by atoms with Crippen LogP contribution in [0.15, 0.2) is 0 Å². The molecule has 0 saturated carbocycles. The van der Waals surface area contributed by atoms with Crippen molar-refractivity contribution in [3.8, 4) is 0 Å². The summed E-state index contributed by atoms with van der Waals surface area (Å²) in [7, 11) is 0. The molecule has 12 unspecified atom stereocenters. The average molecular weight is 1210 g/mol. The van der Waals surface area contributed by atoms with Crippen molar-refractivity contribution in [1.29, 1.82) is 0 Å². The number of anilines is 4. The zero-order valence-corrected chi connectivity index (χ0v) is 44.9. The van der Waals surface area contributed by atoms with Crippen molar-refractivity contribution >= 4 is 58.4 Å². The Morgan fingerprint density at radius 1 is 0.369 bits per heavy atom. The molecule has 6 aliphatic rings. The van der Waals surface area contributed by atoms with E-state index in [4.69, 9.17) is 57.8 Å². The minimum absolute atomic E-state index is 0.0625. The lowest BCUT2D eigenvalue weighted by molar-refractivity contribution is -0.294. The smallest absolute Gasteiger partial charge is 0.335 e. The van der Waals surface area contributed by atoms with E-state index in [9.17, 15) is 101 Å². The summed E-state index contributed by atoms with van der Waals surface area (Å²) >= 11 is 0. The van der Waals surface area contributed by atoms with Crippen molar-refractivity contribution in [2.24, 2.45) is 0 Å². The normalized spacial score (nSPS) is 35.9. The fourth-order valence-electron chi connectivity index (χ4n) is 10.4. The van der Waals surface area contributed by atoms with Crippen LogP contribution < -0.4 is 19.6 Å². The van der Waals surface area contributed by atoms with Crippen molar-refractivity contribution < 1.29 is 139 Å². The van der Waals surface area contributed by atoms with Gasteiger partial charge in [-0.25, -0.2) is 29.1 Å². The number of hydrogen-bond donors (Lipinski definition) is 16. The van der Waals surface area contributed by atoms with Gasteiger partial charge in [-0.05, 0) is 38.5 Å². The number of piperidine rings is 2. The van der Waals surface area contributed by atoms with Gasteiger partial charge in [0.1, 0.15) is 84.3 Å². The first-order chi connectivity index (χ1) is 40.0. The molecule has 0 radical (unpaired) electrons. The number of aliphatic hydroxyl groups excluding tert-OH is 12. The summed E-state index contributed by atoms with van der Waals surface area (Å²) < 4.78 is 44.4. The third-order valence-electron chi connectivity index (χ3n) is 15.2. The maximum Gasteiger partial charge on any atom is 0.335 e. The van der Waals surface area contributed by atoms with Crippen LogP contribution in [0.4, 0.5) is 23.5 Å². The number of carboxylic acids is 4. The standard InChI is InChI=1S/C48H72N8O28/c57-21-25(61)33(39(69)70)81-43(29(21)65)77-15-11-55(12-16-78-44-30(66)22(58)26(62)34(82-44)40(71)72)47-50-20-19(37(51-47)53-7-3-1-4-8-53)49-48(52-38(20)54-9-5-2-6-10-54)56(13-17-79-45-31(67)23(59)27(63)35(83-45)41(73)74)14-18-80-46-32(68)24(60)28(64)36(84-46)42(75)76/h21-36,43-46,57-68H,1-18H2,(H,69,70)(H,71,72)(H,73,74)(H,75,76)/t21?,22?,23?,24?,25-,26-,27-,28-,29?,30?,31?,32?,33?,34?,35?,36?,43-,44-,45-,46-/m1/s1. The Bertz CT molecular complexity index is 2280. The summed E-state index contributed by atoms with van der Waals surface area (Å²) in [6.45, 7) is -1.07. The molecule has 36 heteroatoms. The molecular weight excluding hydrogens is 1140 g/mol. The number of rotatable bonds is 24. The van der Waals surface area contributed by atoms with E-state index < -0.39 is 173 Å². The highest BCUT2D eigenvalue weighted by molar-refractivity contribution is 5.95. The highest BCUT2D eigenvalue weighted by atomic mass is 16.7. The fourth-order valence-corrected chi connectivity index (χ4v) is 10.4. The third kappa shape index (κ3) is 14.4. The molecule has 8 rings (SSSR count). The highest BCUT2D eigenvalue weighted by Crippen LogP contribution is 2.36. The van der Waals surface area contributed by atoms with E-state index in [2.05, 4.69) is 0 Å². The monoisotopic (exact) mass is 1210 g/mol. The Labute approximate surface area is 476 Å². The summed E-state index contributed by atoms with van der Waals surface area (Å²) in [4.78, 5) is 74.6. The number of hydrogen-bond acceptors (Lipinski definition) is 32. The summed E-state index contributed by atoms with van der Waals surface area (Å²) in [6, 6.07) is 0. The van der Waals surface area contributed by atoms with E-state index in [1.807, 2.05) is 9.80 Å². The molecule has 2 aromatic rings. The van der Waals surface area contributed by atoms with Gasteiger partial charge < -0.3 is 139 Å². The number of aromatic nitrogens is 4. The molecule has 472 valence electrons. The van der Waals surface area contributed by atoms with Gasteiger partial charge >= 0.3 is 23.9 Å². The Morgan fingerprint density at radius 3 is 0.833 bits per heavy atom. The second-order valence-electron chi connectivity index (χ2n) is 20.9. The molecule has 0 bridgehead atoms. The van der Waals surface area contributed by atoms with Crippen molar-refractivity contribution in [3.63, 3.8) is 0 Å². The first kappa shape index (κ1) is 64.7. The van der Waals surface area contributed by atoms with Gasteiger partial charge in [-0.2, -0.15) is 9.97 Å². The fraction of sp³-hybridized carbons (Fsp3) is 0.792. The van der Waals surface area contributed by atoms with Gasteiger partial charge in [0, 0.05) is 52.4 Å². The predicted molar refractivity (Wildman–Crippen MR) is 273 cm³/mol. The van der Waals surface area contributed by atoms with Crippen LogP contribution in [0.5, 0.6) is 0 Å². The summed E-state index contributed by atoms with van der Waals surface area (Å²) in [5, 5.41) is 165. The van der Waals surface area contributed by atoms with Crippen LogP contribution in [-0.4, -0.2) is 327 Å². The highest BCUT2D eigenvalue weighted by Gasteiger charge is 2.51. The zero-order valence-electron chi connectivity index (χ0n) is 44.9. The largest absolute Gasteiger partial charge is 0.479 e. The van der Waals surface area contributed by atoms with Gasteiger partial charge in [0.25, 0.3) is 0 Å². The number of ether oxygens (including phenoxy) is 8. The molecule has 20 atom stereocenters. The molecule has 6 fully saturated rings. The van der Waals surface area contributed by atoms with Gasteiger partial charge in [0.15, 0.2) is 61.2 Å². The predicted octanol–water partition coefficient (Wildman–Crippen LogP) is -8.35. The van der Waals surface area contributed by atoms with E-state index in [1.54, 1.807) is 0 Å². The van der Waals surface area contributed by atoms with E-state index in [0.717, 1.165) is 12.8 Å². The minimum Gasteiger partial charge on any atom is -0.479 e. The topological polar surface area (TPSA) is 530 Å².